The number of benzene rings is 1. The van der Waals surface area contributed by atoms with Gasteiger partial charge in [-0.2, -0.15) is 10.2 Å². The van der Waals surface area contributed by atoms with E-state index in [1.54, 1.807) is 24.5 Å². The Kier molecular flexibility index (Phi) is 11.3. The van der Waals surface area contributed by atoms with Crippen LogP contribution in [0.25, 0.3) is 4.85 Å². The van der Waals surface area contributed by atoms with Crippen molar-refractivity contribution in [2.75, 3.05) is 66.4 Å². The normalized spacial score (nSPS) is 17.6. The van der Waals surface area contributed by atoms with Crippen LogP contribution in [-0.4, -0.2) is 104 Å². The Bertz CT molecular complexity index is 1880. The van der Waals surface area contributed by atoms with Gasteiger partial charge in [-0.25, -0.2) is 4.85 Å². The maximum Gasteiger partial charge on any atom is 0.207 e. The summed E-state index contributed by atoms with van der Waals surface area (Å²) in [6.07, 6.45) is 5.54. The summed E-state index contributed by atoms with van der Waals surface area (Å²) in [5.41, 5.74) is 6.88. The molecule has 18 heteroatoms. The molecule has 16 nitrogen and oxygen atoms in total. The highest BCUT2D eigenvalue weighted by molar-refractivity contribution is 7.18. The summed E-state index contributed by atoms with van der Waals surface area (Å²) in [7, 11) is 3.73. The van der Waals surface area contributed by atoms with Gasteiger partial charge in [-0.1, -0.05) is 46.9 Å². The Balaban J connectivity index is 0.000000202. The number of anilines is 5. The molecule has 0 saturated carbocycles. The maximum absolute atomic E-state index is 13.1. The quantitative estimate of drug-likeness (QED) is 0.169. The van der Waals surface area contributed by atoms with Crippen LogP contribution < -0.4 is 26.2 Å². The first-order chi connectivity index (χ1) is 24.3. The molecule has 0 radical (unpaired) electrons. The van der Waals surface area contributed by atoms with Gasteiger partial charge in [0.05, 0.1) is 19.0 Å². The number of nitrogen functional groups attached to an aromatic ring is 1. The van der Waals surface area contributed by atoms with Crippen molar-refractivity contribution in [2.24, 2.45) is 0 Å². The Morgan fingerprint density at radius 3 is 2.06 bits per heavy atom. The molecule has 2 aliphatic rings. The number of nitrogens with two attached hydrogens (primary N) is 1. The number of nitrogens with one attached hydrogen (secondary N) is 2. The van der Waals surface area contributed by atoms with Crippen LogP contribution >= 0.6 is 22.7 Å². The minimum absolute atomic E-state index is 0.0227. The highest BCUT2D eigenvalue weighted by Crippen LogP contribution is 2.28. The number of aromatic nitrogens is 8. The monoisotopic (exact) mass is 711 g/mol. The number of ketones is 1. The number of rotatable bonds is 11. The lowest BCUT2D eigenvalue weighted by atomic mass is 9.99. The van der Waals surface area contributed by atoms with E-state index >= 15 is 0 Å². The summed E-state index contributed by atoms with van der Waals surface area (Å²) >= 11 is 2.78. The number of Topliss-reactive ketones (excluding diaryl/α,β-unsaturated/α-hetero) is 1. The molecule has 258 valence electrons. The molecule has 0 spiro atoms. The Morgan fingerprint density at radius 2 is 1.52 bits per heavy atom. The van der Waals surface area contributed by atoms with Gasteiger partial charge in [0.15, 0.2) is 23.1 Å². The number of carbonyl (C=O) groups is 1. The number of carbonyl (C=O) groups excluding carboxylic acids is 1. The van der Waals surface area contributed by atoms with Gasteiger partial charge in [0.1, 0.15) is 5.01 Å². The highest BCUT2D eigenvalue weighted by atomic mass is 32.1. The van der Waals surface area contributed by atoms with E-state index in [1.807, 2.05) is 55.4 Å². The fourth-order valence-electron chi connectivity index (χ4n) is 5.90. The first-order valence-corrected chi connectivity index (χ1v) is 17.6. The molecule has 3 atom stereocenters. The summed E-state index contributed by atoms with van der Waals surface area (Å²) in [6.45, 7) is 10.8. The lowest BCUT2D eigenvalue weighted by molar-refractivity contribution is -0.123. The lowest BCUT2D eigenvalue weighted by Crippen LogP contribution is -2.28. The predicted molar refractivity (Wildman–Crippen MR) is 195 cm³/mol. The smallest absolute Gasteiger partial charge is 0.207 e. The van der Waals surface area contributed by atoms with Crippen LogP contribution in [0.1, 0.15) is 29.5 Å². The van der Waals surface area contributed by atoms with E-state index in [0.29, 0.717) is 21.9 Å². The van der Waals surface area contributed by atoms with E-state index in [0.717, 1.165) is 66.5 Å². The summed E-state index contributed by atoms with van der Waals surface area (Å²) in [5.74, 6) is 1.81. The van der Waals surface area contributed by atoms with E-state index in [-0.39, 0.29) is 18.2 Å². The van der Waals surface area contributed by atoms with Gasteiger partial charge in [-0.3, -0.25) is 9.69 Å². The molecule has 0 unspecified atom stereocenters. The predicted octanol–water partition coefficient (Wildman–Crippen LogP) is 3.59. The average Bonchev–Trinajstić information content (AvgIpc) is 3.96. The van der Waals surface area contributed by atoms with Crippen molar-refractivity contribution in [3.63, 3.8) is 0 Å². The molecule has 2 saturated heterocycles. The van der Waals surface area contributed by atoms with Gasteiger partial charge in [-0.05, 0) is 56.8 Å². The number of hydrogen-bond donors (Lipinski definition) is 3. The van der Waals surface area contributed by atoms with Crippen molar-refractivity contribution in [3.8, 4) is 0 Å². The summed E-state index contributed by atoms with van der Waals surface area (Å²) in [5, 5.41) is 41.8. The van der Waals surface area contributed by atoms with Crippen molar-refractivity contribution in [1.29, 1.82) is 0 Å². The molecule has 0 aliphatic carbocycles. The van der Waals surface area contributed by atoms with E-state index in [9.17, 15) is 4.79 Å². The van der Waals surface area contributed by atoms with Gasteiger partial charge >= 0.3 is 0 Å². The largest absolute Gasteiger partial charge is 0.374 e. The van der Waals surface area contributed by atoms with Crippen LogP contribution in [0.3, 0.4) is 0 Å². The van der Waals surface area contributed by atoms with Gasteiger partial charge in [-0.15, -0.1) is 30.6 Å². The Labute approximate surface area is 297 Å². The molecule has 4 aromatic heterocycles. The van der Waals surface area contributed by atoms with Crippen molar-refractivity contribution >= 4 is 61.2 Å². The zero-order valence-corrected chi connectivity index (χ0v) is 29.3. The molecule has 50 heavy (non-hydrogen) atoms. The summed E-state index contributed by atoms with van der Waals surface area (Å²) < 4.78 is 0. The van der Waals surface area contributed by atoms with E-state index < -0.39 is 6.04 Å². The fraction of sp³-hybridized carbons (Fsp3) is 0.375. The summed E-state index contributed by atoms with van der Waals surface area (Å²) in [4.78, 5) is 22.8. The van der Waals surface area contributed by atoms with Crippen LogP contribution in [0, 0.1) is 6.57 Å². The van der Waals surface area contributed by atoms with Crippen LogP contribution in [0.2, 0.25) is 0 Å². The van der Waals surface area contributed by atoms with Crippen molar-refractivity contribution in [1.82, 2.24) is 45.7 Å². The Hall–Kier alpha value is -5.38. The van der Waals surface area contributed by atoms with Gasteiger partial charge in [0.25, 0.3) is 0 Å². The molecule has 5 aromatic rings. The third-order valence-corrected chi connectivity index (χ3v) is 9.70. The van der Waals surface area contributed by atoms with E-state index in [1.165, 1.54) is 22.7 Å². The van der Waals surface area contributed by atoms with Crippen LogP contribution in [0.5, 0.6) is 0 Å². The van der Waals surface area contributed by atoms with Crippen LogP contribution in [0.15, 0.2) is 60.9 Å². The molecule has 0 amide bonds. The zero-order valence-electron chi connectivity index (χ0n) is 27.6. The maximum atomic E-state index is 13.1. The average molecular weight is 712 g/mol. The van der Waals surface area contributed by atoms with Gasteiger partial charge < -0.3 is 26.2 Å². The third-order valence-electron chi connectivity index (χ3n) is 8.17. The lowest BCUT2D eigenvalue weighted by Gasteiger charge is -2.23. The minimum atomic E-state index is -0.438. The van der Waals surface area contributed by atoms with Crippen LogP contribution in [0.4, 0.5) is 32.7 Å². The molecule has 7 rings (SSSR count). The van der Waals surface area contributed by atoms with E-state index in [4.69, 9.17) is 12.3 Å². The molecule has 1 aromatic carbocycles. The first kappa shape index (κ1) is 34.5. The van der Waals surface area contributed by atoms with Gasteiger partial charge in [0.2, 0.25) is 15.4 Å². The van der Waals surface area contributed by atoms with Crippen LogP contribution in [-0.2, 0) is 11.2 Å². The highest BCUT2D eigenvalue weighted by Gasteiger charge is 2.27. The first-order valence-electron chi connectivity index (χ1n) is 16.0. The number of nitrogens with zero attached hydrogens (tertiary/aromatic N) is 12. The molecule has 2 aliphatic heterocycles. The minimum Gasteiger partial charge on any atom is -0.374 e. The second kappa shape index (κ2) is 16.3. The zero-order chi connectivity index (χ0) is 34.9. The van der Waals surface area contributed by atoms with Gasteiger partial charge in [0, 0.05) is 50.7 Å². The second-order valence-corrected chi connectivity index (χ2v) is 14.0. The molecular weight excluding hydrogens is 675 g/mol. The summed E-state index contributed by atoms with van der Waals surface area (Å²) in [6, 6.07) is 15.1. The van der Waals surface area contributed by atoms with E-state index in [2.05, 4.69) is 66.1 Å². The standard InChI is InChI=1S/C22H24N8OS.C10H13N7S/c1-23-16-7-4-6-15(12-16)21(29(2)3)18(31)13-20-27-28-22(32-20)25-17-9-11-30(14-17)19-8-5-10-24-26-19;11-9-15-16-10(18-9)13-7-3-5-17(6-7)8-2-1-4-12-14-8/h4-8,10,12,17,21H,9,11,13-14H2,2-3H3,(H,25,28);1-2,4,7H,3,5-6H2,(H2,11,15)(H,13,16)/t17-,21+;7-/m11/s1. The van der Waals surface area contributed by atoms with Crippen molar-refractivity contribution in [3.05, 3.63) is 82.9 Å². The number of likely N-dealkylation sites (N-methyl/N-ethyl adjacent to an activating group) is 1. The molecule has 2 fully saturated rings. The second-order valence-electron chi connectivity index (χ2n) is 12.0. The van der Waals surface area contributed by atoms with Crippen molar-refractivity contribution < 1.29 is 4.79 Å². The topological polar surface area (TPSA) is 184 Å². The molecular formula is C32H37N15OS2. The van der Waals surface area contributed by atoms with Crippen molar-refractivity contribution in [2.45, 2.75) is 37.4 Å². The molecule has 6 heterocycles. The third kappa shape index (κ3) is 8.99. The molecule has 4 N–H and O–H groups in total. The fourth-order valence-corrected chi connectivity index (χ4v) is 7.32. The Morgan fingerprint density at radius 1 is 0.900 bits per heavy atom. The SMILES string of the molecule is Nc1nnc(N[C@@H]2CCN(c3cccnn3)C2)s1.[C-]#[N+]c1cccc([C@@H](C(=O)Cc2nnc(N[C@@H]3CCN(c4cccnn4)C3)s2)N(C)C)c1. The number of hydrogen-bond acceptors (Lipinski definition) is 17. The molecule has 0 bridgehead atoms.